The van der Waals surface area contributed by atoms with E-state index in [9.17, 15) is 4.79 Å². The Balaban J connectivity index is 2.03. The van der Waals surface area contributed by atoms with Crippen LogP contribution in [-0.2, 0) is 6.54 Å². The lowest BCUT2D eigenvalue weighted by atomic mass is 10.2. The lowest BCUT2D eigenvalue weighted by molar-refractivity contribution is 0.0945. The maximum atomic E-state index is 11.9. The van der Waals surface area contributed by atoms with E-state index in [1.807, 2.05) is 19.1 Å². The number of nitrogens with zero attached hydrogens (tertiary/aromatic N) is 3. The molecule has 98 valence electrons. The minimum Gasteiger partial charge on any atom is -0.347 e. The fraction of sp³-hybridized carbons (Fsp3) is 0.231. The van der Waals surface area contributed by atoms with E-state index in [0.717, 1.165) is 11.3 Å². The molecule has 0 aliphatic heterocycles. The summed E-state index contributed by atoms with van der Waals surface area (Å²) in [6.07, 6.45) is 1.73. The molecule has 0 radical (unpaired) electrons. The van der Waals surface area contributed by atoms with Crippen molar-refractivity contribution in [2.45, 2.75) is 20.4 Å². The van der Waals surface area contributed by atoms with Crippen molar-refractivity contribution in [1.82, 2.24) is 20.3 Å². The van der Waals surface area contributed by atoms with Crippen molar-refractivity contribution in [3.63, 3.8) is 0 Å². The Labute approximate surface area is 116 Å². The molecule has 1 amide bonds. The number of hydrogen-bond donors (Lipinski definition) is 1. The molecule has 19 heavy (non-hydrogen) atoms. The van der Waals surface area contributed by atoms with Gasteiger partial charge in [0, 0.05) is 24.1 Å². The van der Waals surface area contributed by atoms with Gasteiger partial charge in [0.05, 0.1) is 0 Å². The van der Waals surface area contributed by atoms with Gasteiger partial charge in [-0.15, -0.1) is 0 Å². The highest BCUT2D eigenvalue weighted by Crippen LogP contribution is 2.06. The summed E-state index contributed by atoms with van der Waals surface area (Å²) in [6, 6.07) is 5.41. The minimum absolute atomic E-state index is 0.0714. The number of hydrogen-bond acceptors (Lipinski definition) is 4. The molecule has 1 N–H and O–H groups in total. The van der Waals surface area contributed by atoms with Gasteiger partial charge in [-0.3, -0.25) is 9.78 Å². The monoisotopic (exact) mass is 276 g/mol. The van der Waals surface area contributed by atoms with Crippen LogP contribution >= 0.6 is 11.6 Å². The summed E-state index contributed by atoms with van der Waals surface area (Å²) >= 11 is 5.72. The largest absolute Gasteiger partial charge is 0.347 e. The van der Waals surface area contributed by atoms with Crippen LogP contribution in [0.25, 0.3) is 0 Å². The predicted octanol–water partition coefficient (Wildman–Crippen LogP) is 2.07. The van der Waals surface area contributed by atoms with Gasteiger partial charge in [-0.25, -0.2) is 9.97 Å². The van der Waals surface area contributed by atoms with Gasteiger partial charge in [0.15, 0.2) is 0 Å². The quantitative estimate of drug-likeness (QED) is 0.872. The Kier molecular flexibility index (Phi) is 4.06. The Morgan fingerprint density at radius 1 is 1.26 bits per heavy atom. The van der Waals surface area contributed by atoms with E-state index in [0.29, 0.717) is 12.2 Å². The molecule has 0 fully saturated rings. The Morgan fingerprint density at radius 2 is 2.05 bits per heavy atom. The van der Waals surface area contributed by atoms with Crippen LogP contribution in [-0.4, -0.2) is 20.9 Å². The van der Waals surface area contributed by atoms with Crippen molar-refractivity contribution in [1.29, 1.82) is 0 Å². The number of nitrogens with one attached hydrogen (secondary N) is 1. The van der Waals surface area contributed by atoms with E-state index < -0.39 is 0 Å². The van der Waals surface area contributed by atoms with Crippen LogP contribution in [0.5, 0.6) is 0 Å². The van der Waals surface area contributed by atoms with Crippen molar-refractivity contribution >= 4 is 17.5 Å². The van der Waals surface area contributed by atoms with Crippen LogP contribution in [0.4, 0.5) is 0 Å². The zero-order valence-corrected chi connectivity index (χ0v) is 11.4. The van der Waals surface area contributed by atoms with E-state index in [4.69, 9.17) is 11.6 Å². The smallest absolute Gasteiger partial charge is 0.270 e. The van der Waals surface area contributed by atoms with Gasteiger partial charge >= 0.3 is 0 Å². The van der Waals surface area contributed by atoms with Crippen molar-refractivity contribution in [3.05, 3.63) is 52.3 Å². The van der Waals surface area contributed by atoms with Gasteiger partial charge in [0.25, 0.3) is 5.91 Å². The second-order valence-electron chi connectivity index (χ2n) is 4.15. The molecule has 5 nitrogen and oxygen atoms in total. The zero-order chi connectivity index (χ0) is 13.8. The number of carbonyl (C=O) groups excluding carboxylic acids is 1. The third kappa shape index (κ3) is 3.72. The normalized spacial score (nSPS) is 10.3. The summed E-state index contributed by atoms with van der Waals surface area (Å²) in [6.45, 7) is 4.06. The minimum atomic E-state index is -0.284. The molecule has 0 aliphatic carbocycles. The molecule has 0 unspecified atom stereocenters. The van der Waals surface area contributed by atoms with Gasteiger partial charge in [-0.05, 0) is 43.1 Å². The summed E-state index contributed by atoms with van der Waals surface area (Å²) in [5.74, 6) is -0.284. The first-order chi connectivity index (χ1) is 9.04. The Morgan fingerprint density at radius 3 is 2.68 bits per heavy atom. The molecule has 0 aromatic carbocycles. The first kappa shape index (κ1) is 13.4. The van der Waals surface area contributed by atoms with Crippen LogP contribution in [0.3, 0.4) is 0 Å². The third-order valence-corrected chi connectivity index (χ3v) is 2.65. The highest BCUT2D eigenvalue weighted by Gasteiger charge is 2.09. The Bertz CT molecular complexity index is 578. The van der Waals surface area contributed by atoms with Crippen LogP contribution in [0.15, 0.2) is 24.4 Å². The van der Waals surface area contributed by atoms with Crippen molar-refractivity contribution < 1.29 is 4.79 Å². The number of rotatable bonds is 3. The maximum absolute atomic E-state index is 11.9. The van der Waals surface area contributed by atoms with E-state index in [-0.39, 0.29) is 16.9 Å². The van der Waals surface area contributed by atoms with E-state index in [1.165, 1.54) is 0 Å². The molecule has 2 aromatic rings. The number of amides is 1. The van der Waals surface area contributed by atoms with Crippen molar-refractivity contribution in [3.8, 4) is 0 Å². The molecule has 6 heteroatoms. The second kappa shape index (κ2) is 5.75. The van der Waals surface area contributed by atoms with E-state index >= 15 is 0 Å². The summed E-state index contributed by atoms with van der Waals surface area (Å²) in [5.41, 5.74) is 2.78. The SMILES string of the molecule is Cc1ccc(CNC(=O)c2cc(C)nc(Cl)n2)cn1. The van der Waals surface area contributed by atoms with Crippen LogP contribution in [0.1, 0.15) is 27.4 Å². The number of pyridine rings is 1. The standard InChI is InChI=1S/C13H13ClN4O/c1-8-3-4-10(6-15-8)7-16-12(19)11-5-9(2)17-13(14)18-11/h3-6H,7H2,1-2H3,(H,16,19). The van der Waals surface area contributed by atoms with E-state index in [1.54, 1.807) is 19.2 Å². The predicted molar refractivity (Wildman–Crippen MR) is 71.9 cm³/mol. The summed E-state index contributed by atoms with van der Waals surface area (Å²) in [5, 5.41) is 2.83. The first-order valence-corrected chi connectivity index (χ1v) is 6.13. The van der Waals surface area contributed by atoms with Crippen LogP contribution in [0, 0.1) is 13.8 Å². The molecule has 0 bridgehead atoms. The van der Waals surface area contributed by atoms with Gasteiger partial charge in [-0.1, -0.05) is 6.07 Å². The molecule has 0 saturated carbocycles. The summed E-state index contributed by atoms with van der Waals surface area (Å²) in [7, 11) is 0. The number of carbonyl (C=O) groups is 1. The molecule has 0 saturated heterocycles. The van der Waals surface area contributed by atoms with E-state index in [2.05, 4.69) is 20.3 Å². The second-order valence-corrected chi connectivity index (χ2v) is 4.49. The van der Waals surface area contributed by atoms with Gasteiger partial charge < -0.3 is 5.32 Å². The number of aromatic nitrogens is 3. The zero-order valence-electron chi connectivity index (χ0n) is 10.6. The Hall–Kier alpha value is -2.01. The fourth-order valence-electron chi connectivity index (χ4n) is 1.52. The first-order valence-electron chi connectivity index (χ1n) is 5.75. The topological polar surface area (TPSA) is 67.8 Å². The number of aryl methyl sites for hydroxylation is 2. The average molecular weight is 277 g/mol. The summed E-state index contributed by atoms with van der Waals surface area (Å²) in [4.78, 5) is 23.9. The molecular weight excluding hydrogens is 264 g/mol. The average Bonchev–Trinajstić information content (AvgIpc) is 2.36. The lowest BCUT2D eigenvalue weighted by Gasteiger charge is -2.05. The maximum Gasteiger partial charge on any atom is 0.270 e. The number of halogens is 1. The lowest BCUT2D eigenvalue weighted by Crippen LogP contribution is -2.24. The third-order valence-electron chi connectivity index (χ3n) is 2.49. The van der Waals surface area contributed by atoms with Gasteiger partial charge in [-0.2, -0.15) is 0 Å². The van der Waals surface area contributed by atoms with Gasteiger partial charge in [0.2, 0.25) is 5.28 Å². The molecule has 0 aliphatic rings. The molecule has 2 aromatic heterocycles. The molecule has 0 spiro atoms. The van der Waals surface area contributed by atoms with Crippen molar-refractivity contribution in [2.75, 3.05) is 0 Å². The van der Waals surface area contributed by atoms with Gasteiger partial charge in [0.1, 0.15) is 5.69 Å². The van der Waals surface area contributed by atoms with Crippen LogP contribution < -0.4 is 5.32 Å². The van der Waals surface area contributed by atoms with Crippen LogP contribution in [0.2, 0.25) is 5.28 Å². The molecule has 2 heterocycles. The summed E-state index contributed by atoms with van der Waals surface area (Å²) < 4.78 is 0. The highest BCUT2D eigenvalue weighted by molar-refractivity contribution is 6.28. The fourth-order valence-corrected chi connectivity index (χ4v) is 1.75. The highest BCUT2D eigenvalue weighted by atomic mass is 35.5. The molecule has 0 atom stereocenters. The molecular formula is C13H13ClN4O. The molecule has 2 rings (SSSR count). The van der Waals surface area contributed by atoms with Crippen molar-refractivity contribution in [2.24, 2.45) is 0 Å².